The SMILES string of the molecule is F/C(Oc1ccc(CCl)cc1)=C(/F)C(F)(F)C(F)(F)C(F)(F)C(F)(F)C(F)(F)C(F)(F)C(F)(F)F. The largest absolute Gasteiger partial charge is 0.460 e. The molecule has 202 valence electrons. The minimum absolute atomic E-state index is 0.210. The Morgan fingerprint density at radius 2 is 0.971 bits per heavy atom. The third kappa shape index (κ3) is 4.69. The molecule has 0 aliphatic heterocycles. The smallest absolute Gasteiger partial charge is 0.430 e. The van der Waals surface area contributed by atoms with Gasteiger partial charge in [0.25, 0.3) is 0 Å². The summed E-state index contributed by atoms with van der Waals surface area (Å²) in [7, 11) is 0. The summed E-state index contributed by atoms with van der Waals surface area (Å²) < 4.78 is 226. The quantitative estimate of drug-likeness (QED) is 0.164. The van der Waals surface area contributed by atoms with E-state index in [2.05, 4.69) is 4.74 Å². The van der Waals surface area contributed by atoms with E-state index in [-0.39, 0.29) is 11.4 Å². The highest BCUT2D eigenvalue weighted by Gasteiger charge is 2.93. The van der Waals surface area contributed by atoms with E-state index in [1.807, 2.05) is 0 Å². The van der Waals surface area contributed by atoms with Crippen molar-refractivity contribution in [3.05, 3.63) is 41.7 Å². The van der Waals surface area contributed by atoms with Crippen molar-refractivity contribution in [1.82, 2.24) is 0 Å². The second-order valence-electron chi connectivity index (χ2n) is 6.41. The van der Waals surface area contributed by atoms with E-state index in [0.717, 1.165) is 12.1 Å². The van der Waals surface area contributed by atoms with Crippen LogP contribution >= 0.6 is 11.6 Å². The van der Waals surface area contributed by atoms with E-state index in [4.69, 9.17) is 11.6 Å². The highest BCUT2D eigenvalue weighted by molar-refractivity contribution is 6.17. The molecule has 19 heteroatoms. The van der Waals surface area contributed by atoms with Crippen molar-refractivity contribution in [1.29, 1.82) is 0 Å². The first-order valence-corrected chi connectivity index (χ1v) is 8.60. The molecular formula is C16H6ClF17O. The van der Waals surface area contributed by atoms with Gasteiger partial charge in [-0.25, -0.2) is 0 Å². The van der Waals surface area contributed by atoms with Gasteiger partial charge in [0.15, 0.2) is 0 Å². The number of allylic oxidation sites excluding steroid dienone is 1. The lowest BCUT2D eigenvalue weighted by molar-refractivity contribution is -0.451. The van der Waals surface area contributed by atoms with Crippen molar-refractivity contribution in [2.45, 2.75) is 47.6 Å². The summed E-state index contributed by atoms with van der Waals surface area (Å²) in [6.07, 6.45) is -7.78. The third-order valence-electron chi connectivity index (χ3n) is 4.06. The molecule has 1 rings (SSSR count). The van der Waals surface area contributed by atoms with Gasteiger partial charge < -0.3 is 4.74 Å². The number of benzene rings is 1. The summed E-state index contributed by atoms with van der Waals surface area (Å²) in [5, 5.41) is 0. The first kappa shape index (κ1) is 30.9. The van der Waals surface area contributed by atoms with Gasteiger partial charge >= 0.3 is 47.7 Å². The Balaban J connectivity index is 3.54. The maximum absolute atomic E-state index is 13.6. The van der Waals surface area contributed by atoms with E-state index >= 15 is 0 Å². The average molecular weight is 573 g/mol. The van der Waals surface area contributed by atoms with E-state index in [1.54, 1.807) is 0 Å². The Hall–Kier alpha value is -2.14. The molecule has 0 spiro atoms. The molecule has 0 N–H and O–H groups in total. The molecule has 0 unspecified atom stereocenters. The molecule has 0 aromatic heterocycles. The van der Waals surface area contributed by atoms with Crippen molar-refractivity contribution >= 4 is 11.6 Å². The molecule has 0 heterocycles. The molecule has 0 aliphatic carbocycles. The van der Waals surface area contributed by atoms with Crippen molar-refractivity contribution in [3.8, 4) is 5.75 Å². The standard InChI is InChI=1S/C16H6ClF17O/c17-5-6-1-3-7(4-2-6)35-9(19)8(18)10(20,21)11(22,23)12(24,25)13(26,27)14(28,29)15(30,31)16(32,33)34/h1-4H,5H2/b9-8-. The third-order valence-corrected chi connectivity index (χ3v) is 4.37. The van der Waals surface area contributed by atoms with Crippen molar-refractivity contribution < 1.29 is 79.4 Å². The summed E-state index contributed by atoms with van der Waals surface area (Å²) in [6.45, 7) is 0. The van der Waals surface area contributed by atoms with Gasteiger partial charge in [0.05, 0.1) is 0 Å². The van der Waals surface area contributed by atoms with Crippen LogP contribution in [0.15, 0.2) is 36.1 Å². The van der Waals surface area contributed by atoms with Crippen molar-refractivity contribution in [2.75, 3.05) is 0 Å². The molecule has 0 bridgehead atoms. The second kappa shape index (κ2) is 9.06. The summed E-state index contributed by atoms with van der Waals surface area (Å²) in [5.41, 5.74) is 0.221. The first-order chi connectivity index (χ1) is 15.3. The van der Waals surface area contributed by atoms with Crippen LogP contribution < -0.4 is 4.74 Å². The normalized spacial score (nSPS) is 15.7. The summed E-state index contributed by atoms with van der Waals surface area (Å²) >= 11 is 5.35. The molecule has 1 aromatic rings. The zero-order chi connectivity index (χ0) is 28.1. The van der Waals surface area contributed by atoms with Crippen LogP contribution in [0.1, 0.15) is 5.56 Å². The fraction of sp³-hybridized carbons (Fsp3) is 0.500. The highest BCUT2D eigenvalue weighted by Crippen LogP contribution is 2.63. The van der Waals surface area contributed by atoms with Crippen molar-refractivity contribution in [2.24, 2.45) is 0 Å². The summed E-state index contributed by atoms with van der Waals surface area (Å²) in [4.78, 5) is 0. The Morgan fingerprint density at radius 3 is 1.34 bits per heavy atom. The van der Waals surface area contributed by atoms with Gasteiger partial charge in [0.2, 0.25) is 5.83 Å². The monoisotopic (exact) mass is 572 g/mol. The predicted molar refractivity (Wildman–Crippen MR) is 81.6 cm³/mol. The zero-order valence-electron chi connectivity index (χ0n) is 15.7. The topological polar surface area (TPSA) is 9.23 Å². The lowest BCUT2D eigenvalue weighted by Crippen LogP contribution is -2.72. The van der Waals surface area contributed by atoms with Crippen LogP contribution in [0, 0.1) is 0 Å². The lowest BCUT2D eigenvalue weighted by Gasteiger charge is -2.41. The number of hydrogen-bond acceptors (Lipinski definition) is 1. The van der Waals surface area contributed by atoms with Crippen LogP contribution in [0.5, 0.6) is 5.75 Å². The van der Waals surface area contributed by atoms with Crippen LogP contribution in [0.2, 0.25) is 0 Å². The minimum Gasteiger partial charge on any atom is -0.430 e. The summed E-state index contributed by atoms with van der Waals surface area (Å²) in [5.74, 6) is -55.3. The van der Waals surface area contributed by atoms with Crippen LogP contribution in [0.25, 0.3) is 0 Å². The van der Waals surface area contributed by atoms with Gasteiger partial charge in [-0.05, 0) is 17.7 Å². The van der Waals surface area contributed by atoms with Gasteiger partial charge in [-0.15, -0.1) is 11.6 Å². The Kier molecular flexibility index (Phi) is 8.00. The molecule has 0 amide bonds. The highest BCUT2D eigenvalue weighted by atomic mass is 35.5. The van der Waals surface area contributed by atoms with Gasteiger partial charge in [0, 0.05) is 5.88 Å². The number of halogens is 18. The number of ether oxygens (including phenoxy) is 1. The lowest BCUT2D eigenvalue weighted by atomic mass is 9.91. The molecule has 1 aromatic carbocycles. The van der Waals surface area contributed by atoms with Gasteiger partial charge in [-0.3, -0.25) is 0 Å². The second-order valence-corrected chi connectivity index (χ2v) is 6.68. The Bertz CT molecular complexity index is 932. The maximum atomic E-state index is 13.6. The molecule has 0 aliphatic rings. The Morgan fingerprint density at radius 1 is 0.600 bits per heavy atom. The van der Waals surface area contributed by atoms with Crippen molar-refractivity contribution in [3.63, 3.8) is 0 Å². The van der Waals surface area contributed by atoms with Crippen LogP contribution in [0.3, 0.4) is 0 Å². The predicted octanol–water partition coefficient (Wildman–Crippen LogP) is 8.29. The van der Waals surface area contributed by atoms with Crippen LogP contribution in [0.4, 0.5) is 74.6 Å². The molecule has 1 nitrogen and oxygen atoms in total. The van der Waals surface area contributed by atoms with E-state index in [9.17, 15) is 74.6 Å². The molecule has 0 saturated carbocycles. The van der Waals surface area contributed by atoms with Gasteiger partial charge in [0.1, 0.15) is 5.75 Å². The maximum Gasteiger partial charge on any atom is 0.460 e. The zero-order valence-corrected chi connectivity index (χ0v) is 16.5. The molecular weight excluding hydrogens is 567 g/mol. The first-order valence-electron chi connectivity index (χ1n) is 8.06. The minimum atomic E-state index is -8.62. The molecule has 0 atom stereocenters. The molecule has 0 saturated heterocycles. The Labute approximate surface area is 187 Å². The van der Waals surface area contributed by atoms with Gasteiger partial charge in [-0.1, -0.05) is 12.1 Å². The summed E-state index contributed by atoms with van der Waals surface area (Å²) in [6, 6.07) is -0.400. The van der Waals surface area contributed by atoms with E-state index in [0.29, 0.717) is 12.1 Å². The van der Waals surface area contributed by atoms with Crippen LogP contribution in [-0.4, -0.2) is 41.7 Å². The van der Waals surface area contributed by atoms with Crippen LogP contribution in [-0.2, 0) is 5.88 Å². The van der Waals surface area contributed by atoms with E-state index < -0.39 is 59.3 Å². The fourth-order valence-electron chi connectivity index (χ4n) is 2.02. The number of rotatable bonds is 9. The fourth-order valence-corrected chi connectivity index (χ4v) is 2.20. The average Bonchev–Trinajstić information content (AvgIpc) is 2.71. The number of hydrogen-bond donors (Lipinski definition) is 0. The number of alkyl halides is 16. The van der Waals surface area contributed by atoms with E-state index in [1.165, 1.54) is 0 Å². The van der Waals surface area contributed by atoms with Gasteiger partial charge in [-0.2, -0.15) is 74.6 Å². The molecule has 0 fully saturated rings. The molecule has 0 radical (unpaired) electrons. The molecule has 35 heavy (non-hydrogen) atoms.